The molecule has 0 N–H and O–H groups in total. The molecule has 40 heavy (non-hydrogen) atoms. The van der Waals surface area contributed by atoms with Crippen LogP contribution in [0.1, 0.15) is 36.6 Å². The number of halogens is 1. The van der Waals surface area contributed by atoms with E-state index in [1.54, 1.807) is 43.7 Å². The van der Waals surface area contributed by atoms with Crippen molar-refractivity contribution in [1.29, 1.82) is 0 Å². The normalized spacial score (nSPS) is 14.9. The summed E-state index contributed by atoms with van der Waals surface area (Å²) in [5, 5.41) is 0.661. The Kier molecular flexibility index (Phi) is 8.19. The first kappa shape index (κ1) is 27.4. The second-order valence-electron chi connectivity index (χ2n) is 9.03. The molecule has 3 aromatic carbocycles. The molecule has 9 heteroatoms. The zero-order chi connectivity index (χ0) is 28.2. The van der Waals surface area contributed by atoms with Crippen LogP contribution >= 0.6 is 22.9 Å². The van der Waals surface area contributed by atoms with Crippen molar-refractivity contribution in [3.05, 3.63) is 125 Å². The summed E-state index contributed by atoms with van der Waals surface area (Å²) in [5.41, 5.74) is 3.06. The third kappa shape index (κ3) is 5.59. The molecule has 204 valence electrons. The van der Waals surface area contributed by atoms with Crippen molar-refractivity contribution in [3.63, 3.8) is 0 Å². The van der Waals surface area contributed by atoms with E-state index in [9.17, 15) is 9.59 Å². The topological polar surface area (TPSA) is 79.1 Å². The molecule has 2 heterocycles. The lowest BCUT2D eigenvalue weighted by Gasteiger charge is -2.24. The zero-order valence-corrected chi connectivity index (χ0v) is 23.8. The van der Waals surface area contributed by atoms with Crippen LogP contribution < -0.4 is 24.4 Å². The number of nitrogens with zero attached hydrogens (tertiary/aromatic N) is 2. The number of carbonyl (C=O) groups is 1. The minimum atomic E-state index is -0.695. The first-order valence-electron chi connectivity index (χ1n) is 12.7. The Balaban J connectivity index is 1.59. The lowest BCUT2D eigenvalue weighted by atomic mass is 9.96. The van der Waals surface area contributed by atoms with E-state index in [2.05, 4.69) is 4.99 Å². The molecule has 1 aromatic heterocycles. The van der Waals surface area contributed by atoms with Gasteiger partial charge in [0.25, 0.3) is 5.56 Å². The van der Waals surface area contributed by atoms with Gasteiger partial charge in [-0.05, 0) is 61.4 Å². The van der Waals surface area contributed by atoms with Crippen LogP contribution in [0.5, 0.6) is 11.5 Å². The molecule has 1 aliphatic heterocycles. The standard InChI is InChI=1S/C31H27ClN2O5S/c1-4-38-30(36)27-19(2)33-31-34(28(27)21-11-15-24(37-3)16-12-21)29(35)26(40-31)17-22-7-5-6-8-25(22)39-18-20-9-13-23(32)14-10-20/h5-17,28H,4,18H2,1-3H3/b26-17-/t28-/m1/s1. The van der Waals surface area contributed by atoms with Gasteiger partial charge in [-0.2, -0.15) is 0 Å². The molecule has 1 atom stereocenters. The number of ether oxygens (including phenoxy) is 3. The predicted molar refractivity (Wildman–Crippen MR) is 156 cm³/mol. The molecule has 0 amide bonds. The highest BCUT2D eigenvalue weighted by Crippen LogP contribution is 2.31. The third-order valence-corrected chi connectivity index (χ3v) is 7.70. The van der Waals surface area contributed by atoms with Crippen LogP contribution in [0.2, 0.25) is 5.02 Å². The van der Waals surface area contributed by atoms with Gasteiger partial charge in [0.1, 0.15) is 18.1 Å². The van der Waals surface area contributed by atoms with Crippen molar-refractivity contribution in [2.24, 2.45) is 4.99 Å². The molecule has 1 aliphatic rings. The van der Waals surface area contributed by atoms with Gasteiger partial charge in [-0.1, -0.05) is 65.4 Å². The number of esters is 1. The van der Waals surface area contributed by atoms with Crippen molar-refractivity contribution in [2.75, 3.05) is 13.7 Å². The van der Waals surface area contributed by atoms with Crippen LogP contribution in [-0.2, 0) is 16.1 Å². The smallest absolute Gasteiger partial charge is 0.338 e. The number of hydrogen-bond donors (Lipinski definition) is 0. The third-order valence-electron chi connectivity index (χ3n) is 6.46. The summed E-state index contributed by atoms with van der Waals surface area (Å²) >= 11 is 7.26. The predicted octanol–water partition coefficient (Wildman–Crippen LogP) is 5.04. The van der Waals surface area contributed by atoms with E-state index in [-0.39, 0.29) is 12.2 Å². The van der Waals surface area contributed by atoms with Gasteiger partial charge in [0.15, 0.2) is 4.80 Å². The van der Waals surface area contributed by atoms with Crippen molar-refractivity contribution >= 4 is 35.0 Å². The monoisotopic (exact) mass is 574 g/mol. The Bertz CT molecular complexity index is 1760. The summed E-state index contributed by atoms with van der Waals surface area (Å²) < 4.78 is 18.8. The van der Waals surface area contributed by atoms with E-state index < -0.39 is 12.0 Å². The van der Waals surface area contributed by atoms with E-state index in [1.165, 1.54) is 11.3 Å². The van der Waals surface area contributed by atoms with Gasteiger partial charge in [0.05, 0.1) is 35.6 Å². The number of carbonyl (C=O) groups excluding carboxylic acids is 1. The molecule has 5 rings (SSSR count). The Morgan fingerprint density at radius 1 is 1.07 bits per heavy atom. The van der Waals surface area contributed by atoms with Gasteiger partial charge in [-0.25, -0.2) is 9.79 Å². The van der Waals surface area contributed by atoms with Gasteiger partial charge in [-0.15, -0.1) is 0 Å². The lowest BCUT2D eigenvalue weighted by molar-refractivity contribution is -0.139. The first-order chi connectivity index (χ1) is 19.4. The maximum absolute atomic E-state index is 13.9. The number of thiazole rings is 1. The van der Waals surface area contributed by atoms with Gasteiger partial charge in [0, 0.05) is 10.6 Å². The molecule has 0 saturated carbocycles. The molecule has 7 nitrogen and oxygen atoms in total. The Hall–Kier alpha value is -4.14. The summed E-state index contributed by atoms with van der Waals surface area (Å²) in [4.78, 5) is 32.1. The van der Waals surface area contributed by atoms with Gasteiger partial charge in [0.2, 0.25) is 0 Å². The molecular weight excluding hydrogens is 548 g/mol. The number of fused-ring (bicyclic) bond motifs is 1. The number of methoxy groups -OCH3 is 1. The lowest BCUT2D eigenvalue weighted by Crippen LogP contribution is -2.39. The molecule has 0 radical (unpaired) electrons. The van der Waals surface area contributed by atoms with Crippen molar-refractivity contribution in [3.8, 4) is 11.5 Å². The second kappa shape index (κ2) is 11.9. The Labute approximate surface area is 240 Å². The van der Waals surface area contributed by atoms with Crippen LogP contribution in [0, 0.1) is 0 Å². The van der Waals surface area contributed by atoms with Crippen LogP contribution in [0.3, 0.4) is 0 Å². The molecule has 0 saturated heterocycles. The summed E-state index contributed by atoms with van der Waals surface area (Å²) in [7, 11) is 1.59. The largest absolute Gasteiger partial charge is 0.497 e. The fraction of sp³-hybridized carbons (Fsp3) is 0.194. The Morgan fingerprint density at radius 3 is 2.50 bits per heavy atom. The highest BCUT2D eigenvalue weighted by Gasteiger charge is 2.33. The van der Waals surface area contributed by atoms with Crippen LogP contribution in [0.15, 0.2) is 93.9 Å². The van der Waals surface area contributed by atoms with Gasteiger partial charge >= 0.3 is 5.97 Å². The summed E-state index contributed by atoms with van der Waals surface area (Å²) in [6.45, 7) is 4.07. The van der Waals surface area contributed by atoms with Gasteiger partial charge < -0.3 is 14.2 Å². The summed E-state index contributed by atoms with van der Waals surface area (Å²) in [6, 6.07) is 21.6. The number of allylic oxidation sites excluding steroid dienone is 1. The number of para-hydroxylation sites is 1. The van der Waals surface area contributed by atoms with Crippen LogP contribution in [0.4, 0.5) is 0 Å². The summed E-state index contributed by atoms with van der Waals surface area (Å²) in [6.07, 6.45) is 1.80. The number of hydrogen-bond acceptors (Lipinski definition) is 7. The first-order valence-corrected chi connectivity index (χ1v) is 13.9. The number of aromatic nitrogens is 1. The number of benzene rings is 3. The second-order valence-corrected chi connectivity index (χ2v) is 10.5. The van der Waals surface area contributed by atoms with E-state index >= 15 is 0 Å². The average Bonchev–Trinajstić information content (AvgIpc) is 3.26. The quantitative estimate of drug-likeness (QED) is 0.276. The molecular formula is C31H27ClN2O5S. The van der Waals surface area contributed by atoms with Gasteiger partial charge in [-0.3, -0.25) is 9.36 Å². The van der Waals surface area contributed by atoms with Crippen LogP contribution in [0.25, 0.3) is 6.08 Å². The van der Waals surface area contributed by atoms with Crippen molar-refractivity contribution < 1.29 is 19.0 Å². The highest BCUT2D eigenvalue weighted by molar-refractivity contribution is 7.07. The molecule has 0 bridgehead atoms. The van der Waals surface area contributed by atoms with Crippen molar-refractivity contribution in [1.82, 2.24) is 4.57 Å². The fourth-order valence-corrected chi connectivity index (χ4v) is 5.67. The molecule has 0 spiro atoms. The molecule has 0 fully saturated rings. The minimum absolute atomic E-state index is 0.210. The molecule has 0 unspecified atom stereocenters. The minimum Gasteiger partial charge on any atom is -0.497 e. The summed E-state index contributed by atoms with van der Waals surface area (Å²) in [5.74, 6) is 0.808. The van der Waals surface area contributed by atoms with E-state index in [4.69, 9.17) is 25.8 Å². The maximum Gasteiger partial charge on any atom is 0.338 e. The SMILES string of the molecule is CCOC(=O)C1=C(C)N=c2s/c(=C\c3ccccc3OCc3ccc(Cl)cc3)c(=O)n2[C@@H]1c1ccc(OC)cc1. The van der Waals surface area contributed by atoms with E-state index in [1.807, 2.05) is 60.7 Å². The number of rotatable bonds is 8. The van der Waals surface area contributed by atoms with E-state index in [0.717, 1.165) is 16.7 Å². The maximum atomic E-state index is 13.9. The van der Waals surface area contributed by atoms with E-state index in [0.29, 0.717) is 43.7 Å². The fourth-order valence-electron chi connectivity index (χ4n) is 4.51. The zero-order valence-electron chi connectivity index (χ0n) is 22.2. The highest BCUT2D eigenvalue weighted by atomic mass is 35.5. The molecule has 4 aromatic rings. The molecule has 0 aliphatic carbocycles. The van der Waals surface area contributed by atoms with Crippen LogP contribution in [-0.4, -0.2) is 24.3 Å². The average molecular weight is 575 g/mol. The Morgan fingerprint density at radius 2 is 1.80 bits per heavy atom. The van der Waals surface area contributed by atoms with Crippen molar-refractivity contribution in [2.45, 2.75) is 26.5 Å².